The van der Waals surface area contributed by atoms with Crippen molar-refractivity contribution < 1.29 is 9.52 Å². The van der Waals surface area contributed by atoms with Gasteiger partial charge in [0.25, 0.3) is 0 Å². The Morgan fingerprint density at radius 1 is 1.31 bits per heavy atom. The molecule has 0 amide bonds. The van der Waals surface area contributed by atoms with Crippen LogP contribution < -0.4 is 0 Å². The Bertz CT molecular complexity index is 319. The minimum absolute atomic E-state index is 0.314. The SMILES string of the molecule is CCc1nnc(CN2CCC(CO)CC2)o1. The highest BCUT2D eigenvalue weighted by atomic mass is 16.4. The third kappa shape index (κ3) is 2.80. The summed E-state index contributed by atoms with van der Waals surface area (Å²) in [6.45, 7) is 5.08. The van der Waals surface area contributed by atoms with Crippen LogP contribution in [0.5, 0.6) is 0 Å². The topological polar surface area (TPSA) is 62.4 Å². The molecule has 1 aliphatic heterocycles. The second-order valence-corrected chi connectivity index (χ2v) is 4.35. The molecule has 0 atom stereocenters. The fourth-order valence-corrected chi connectivity index (χ4v) is 2.01. The van der Waals surface area contributed by atoms with Crippen LogP contribution in [0.3, 0.4) is 0 Å². The average molecular weight is 225 g/mol. The lowest BCUT2D eigenvalue weighted by Gasteiger charge is -2.29. The molecular formula is C11H19N3O2. The maximum Gasteiger partial charge on any atom is 0.230 e. The predicted molar refractivity (Wildman–Crippen MR) is 58.8 cm³/mol. The first-order valence-electron chi connectivity index (χ1n) is 5.96. The summed E-state index contributed by atoms with van der Waals surface area (Å²) in [6, 6.07) is 0. The third-order valence-electron chi connectivity index (χ3n) is 3.14. The van der Waals surface area contributed by atoms with E-state index in [1.54, 1.807) is 0 Å². The zero-order valence-corrected chi connectivity index (χ0v) is 9.72. The van der Waals surface area contributed by atoms with E-state index in [9.17, 15) is 0 Å². The number of aryl methyl sites for hydroxylation is 1. The zero-order valence-electron chi connectivity index (χ0n) is 9.72. The minimum Gasteiger partial charge on any atom is -0.424 e. The molecule has 1 fully saturated rings. The molecule has 0 bridgehead atoms. The van der Waals surface area contributed by atoms with Gasteiger partial charge in [-0.15, -0.1) is 10.2 Å². The van der Waals surface area contributed by atoms with Crippen molar-refractivity contribution >= 4 is 0 Å². The molecule has 1 aromatic heterocycles. The van der Waals surface area contributed by atoms with E-state index in [0.29, 0.717) is 24.3 Å². The van der Waals surface area contributed by atoms with Gasteiger partial charge in [0.15, 0.2) is 0 Å². The van der Waals surface area contributed by atoms with Gasteiger partial charge in [0.05, 0.1) is 6.54 Å². The summed E-state index contributed by atoms with van der Waals surface area (Å²) in [5, 5.41) is 17.0. The predicted octanol–water partition coefficient (Wildman–Crippen LogP) is 0.836. The first-order chi connectivity index (χ1) is 7.81. The highest BCUT2D eigenvalue weighted by Crippen LogP contribution is 2.17. The Balaban J connectivity index is 1.82. The molecule has 16 heavy (non-hydrogen) atoms. The summed E-state index contributed by atoms with van der Waals surface area (Å²) >= 11 is 0. The van der Waals surface area contributed by atoms with Crippen molar-refractivity contribution in [2.75, 3.05) is 19.7 Å². The van der Waals surface area contributed by atoms with Crippen LogP contribution in [-0.4, -0.2) is 39.9 Å². The summed E-state index contributed by atoms with van der Waals surface area (Å²) < 4.78 is 5.48. The smallest absolute Gasteiger partial charge is 0.230 e. The molecule has 0 saturated carbocycles. The second kappa shape index (κ2) is 5.41. The fraction of sp³-hybridized carbons (Fsp3) is 0.818. The Kier molecular flexibility index (Phi) is 3.90. The van der Waals surface area contributed by atoms with Gasteiger partial charge in [-0.05, 0) is 31.8 Å². The molecule has 0 aliphatic carbocycles. The number of aliphatic hydroxyl groups excluding tert-OH is 1. The van der Waals surface area contributed by atoms with Crippen LogP contribution in [0, 0.1) is 5.92 Å². The van der Waals surface area contributed by atoms with Gasteiger partial charge in [0, 0.05) is 13.0 Å². The van der Waals surface area contributed by atoms with Crippen LogP contribution in [0.4, 0.5) is 0 Å². The fourth-order valence-electron chi connectivity index (χ4n) is 2.01. The number of nitrogens with zero attached hydrogens (tertiary/aromatic N) is 3. The summed E-state index contributed by atoms with van der Waals surface area (Å²) in [4.78, 5) is 2.30. The van der Waals surface area contributed by atoms with Gasteiger partial charge in [-0.2, -0.15) is 0 Å². The van der Waals surface area contributed by atoms with Crippen molar-refractivity contribution in [3.05, 3.63) is 11.8 Å². The molecule has 1 aromatic rings. The van der Waals surface area contributed by atoms with Gasteiger partial charge in [0.1, 0.15) is 0 Å². The van der Waals surface area contributed by atoms with Crippen LogP contribution in [0.25, 0.3) is 0 Å². The average Bonchev–Trinajstić information content (AvgIpc) is 2.78. The van der Waals surface area contributed by atoms with Gasteiger partial charge in [-0.25, -0.2) is 0 Å². The molecule has 5 heteroatoms. The summed E-state index contributed by atoms with van der Waals surface area (Å²) in [6.07, 6.45) is 2.91. The lowest BCUT2D eigenvalue weighted by atomic mass is 9.98. The minimum atomic E-state index is 0.314. The number of aromatic nitrogens is 2. The number of piperidine rings is 1. The quantitative estimate of drug-likeness (QED) is 0.822. The molecule has 5 nitrogen and oxygen atoms in total. The van der Waals surface area contributed by atoms with E-state index in [1.807, 2.05) is 6.92 Å². The van der Waals surface area contributed by atoms with E-state index in [2.05, 4.69) is 15.1 Å². The van der Waals surface area contributed by atoms with Gasteiger partial charge in [0.2, 0.25) is 11.8 Å². The molecule has 0 unspecified atom stereocenters. The lowest BCUT2D eigenvalue weighted by molar-refractivity contribution is 0.120. The molecule has 2 heterocycles. The Morgan fingerprint density at radius 3 is 2.56 bits per heavy atom. The Labute approximate surface area is 95.5 Å². The van der Waals surface area contributed by atoms with Crippen molar-refractivity contribution in [3.63, 3.8) is 0 Å². The van der Waals surface area contributed by atoms with E-state index < -0.39 is 0 Å². The Morgan fingerprint density at radius 2 is 2.00 bits per heavy atom. The summed E-state index contributed by atoms with van der Waals surface area (Å²) in [5.74, 6) is 1.89. The van der Waals surface area contributed by atoms with Crippen molar-refractivity contribution in [2.24, 2.45) is 5.92 Å². The normalized spacial score (nSPS) is 19.1. The van der Waals surface area contributed by atoms with Crippen molar-refractivity contribution in [2.45, 2.75) is 32.7 Å². The Hall–Kier alpha value is -0.940. The van der Waals surface area contributed by atoms with Crippen LogP contribution in [0.2, 0.25) is 0 Å². The number of rotatable bonds is 4. The van der Waals surface area contributed by atoms with E-state index in [-0.39, 0.29) is 0 Å². The molecule has 2 rings (SSSR count). The van der Waals surface area contributed by atoms with Gasteiger partial charge in [-0.3, -0.25) is 4.90 Å². The second-order valence-electron chi connectivity index (χ2n) is 4.35. The van der Waals surface area contributed by atoms with Crippen molar-refractivity contribution in [3.8, 4) is 0 Å². The zero-order chi connectivity index (χ0) is 11.4. The maximum absolute atomic E-state index is 9.04. The molecule has 0 aromatic carbocycles. The summed E-state index contributed by atoms with van der Waals surface area (Å²) in [5.41, 5.74) is 0. The van der Waals surface area contributed by atoms with Gasteiger partial charge < -0.3 is 9.52 Å². The van der Waals surface area contributed by atoms with Crippen LogP contribution >= 0.6 is 0 Å². The monoisotopic (exact) mass is 225 g/mol. The molecule has 0 radical (unpaired) electrons. The molecule has 1 N–H and O–H groups in total. The number of hydrogen-bond donors (Lipinski definition) is 1. The van der Waals surface area contributed by atoms with E-state index in [4.69, 9.17) is 9.52 Å². The molecule has 1 aliphatic rings. The van der Waals surface area contributed by atoms with Crippen LogP contribution in [-0.2, 0) is 13.0 Å². The first-order valence-corrected chi connectivity index (χ1v) is 5.96. The van der Waals surface area contributed by atoms with Gasteiger partial charge >= 0.3 is 0 Å². The largest absolute Gasteiger partial charge is 0.424 e. The lowest BCUT2D eigenvalue weighted by Crippen LogP contribution is -2.34. The van der Waals surface area contributed by atoms with E-state index in [0.717, 1.165) is 38.9 Å². The molecule has 0 spiro atoms. The number of likely N-dealkylation sites (tertiary alicyclic amines) is 1. The highest BCUT2D eigenvalue weighted by Gasteiger charge is 2.19. The van der Waals surface area contributed by atoms with Gasteiger partial charge in [-0.1, -0.05) is 6.92 Å². The molecular weight excluding hydrogens is 206 g/mol. The van der Waals surface area contributed by atoms with Crippen molar-refractivity contribution in [1.82, 2.24) is 15.1 Å². The summed E-state index contributed by atoms with van der Waals surface area (Å²) in [7, 11) is 0. The highest BCUT2D eigenvalue weighted by molar-refractivity contribution is 4.83. The number of hydrogen-bond acceptors (Lipinski definition) is 5. The standard InChI is InChI=1S/C11H19N3O2/c1-2-10-12-13-11(16-10)7-14-5-3-9(8-15)4-6-14/h9,15H,2-8H2,1H3. The van der Waals surface area contributed by atoms with Crippen LogP contribution in [0.1, 0.15) is 31.5 Å². The number of aliphatic hydroxyl groups is 1. The maximum atomic E-state index is 9.04. The van der Waals surface area contributed by atoms with Crippen molar-refractivity contribution in [1.29, 1.82) is 0 Å². The third-order valence-corrected chi connectivity index (χ3v) is 3.14. The van der Waals surface area contributed by atoms with E-state index in [1.165, 1.54) is 0 Å². The molecule has 1 saturated heterocycles. The van der Waals surface area contributed by atoms with E-state index >= 15 is 0 Å². The first kappa shape index (κ1) is 11.5. The van der Waals surface area contributed by atoms with Crippen LogP contribution in [0.15, 0.2) is 4.42 Å². The molecule has 90 valence electrons.